The van der Waals surface area contributed by atoms with Gasteiger partial charge in [0.25, 0.3) is 0 Å². The fourth-order valence-electron chi connectivity index (χ4n) is 3.19. The summed E-state index contributed by atoms with van der Waals surface area (Å²) < 4.78 is 13.4. The standard InChI is InChI=1S/C16H25FN2/c1-3-18-14-8-10-15(11-9-14)19(4-2)16-7-5-6-13(17)12-16/h5-7,12,14-15,18H,3-4,8-11H2,1-2H3. The van der Waals surface area contributed by atoms with Crippen molar-refractivity contribution in [3.63, 3.8) is 0 Å². The van der Waals surface area contributed by atoms with Crippen molar-refractivity contribution < 1.29 is 4.39 Å². The molecule has 3 heteroatoms. The molecule has 0 radical (unpaired) electrons. The number of benzene rings is 1. The number of hydrogen-bond acceptors (Lipinski definition) is 2. The maximum atomic E-state index is 13.4. The van der Waals surface area contributed by atoms with E-state index in [1.54, 1.807) is 12.1 Å². The van der Waals surface area contributed by atoms with E-state index in [1.165, 1.54) is 31.7 Å². The molecular weight excluding hydrogens is 239 g/mol. The van der Waals surface area contributed by atoms with Crippen molar-refractivity contribution in [2.24, 2.45) is 0 Å². The molecule has 0 aliphatic heterocycles. The van der Waals surface area contributed by atoms with E-state index in [-0.39, 0.29) is 5.82 Å². The molecule has 1 N–H and O–H groups in total. The Morgan fingerprint density at radius 3 is 2.53 bits per heavy atom. The number of halogens is 1. The normalized spacial score (nSPS) is 23.3. The third-order valence-corrected chi connectivity index (χ3v) is 4.11. The van der Waals surface area contributed by atoms with Crippen LogP contribution in [0.1, 0.15) is 39.5 Å². The summed E-state index contributed by atoms with van der Waals surface area (Å²) in [5.74, 6) is -0.141. The highest BCUT2D eigenvalue weighted by atomic mass is 19.1. The second-order valence-electron chi connectivity index (χ2n) is 5.33. The van der Waals surface area contributed by atoms with Crippen molar-refractivity contribution in [2.75, 3.05) is 18.0 Å². The van der Waals surface area contributed by atoms with Gasteiger partial charge in [-0.15, -0.1) is 0 Å². The molecule has 2 rings (SSSR count). The lowest BCUT2D eigenvalue weighted by molar-refractivity contribution is 0.337. The van der Waals surface area contributed by atoms with Gasteiger partial charge in [-0.05, 0) is 57.4 Å². The van der Waals surface area contributed by atoms with Crippen molar-refractivity contribution in [1.82, 2.24) is 5.32 Å². The Bertz CT molecular complexity index is 386. The highest BCUT2D eigenvalue weighted by Gasteiger charge is 2.24. The molecule has 2 nitrogen and oxygen atoms in total. The van der Waals surface area contributed by atoms with Gasteiger partial charge in [0, 0.05) is 24.3 Å². The number of anilines is 1. The van der Waals surface area contributed by atoms with Crippen LogP contribution in [0.2, 0.25) is 0 Å². The summed E-state index contributed by atoms with van der Waals surface area (Å²) in [6.45, 7) is 6.31. The maximum Gasteiger partial charge on any atom is 0.125 e. The minimum absolute atomic E-state index is 0.141. The molecular formula is C16H25FN2. The first-order valence-corrected chi connectivity index (χ1v) is 7.50. The Kier molecular flexibility index (Phi) is 5.20. The molecule has 0 amide bonds. The van der Waals surface area contributed by atoms with Crippen LogP contribution in [0.15, 0.2) is 24.3 Å². The largest absolute Gasteiger partial charge is 0.369 e. The second-order valence-corrected chi connectivity index (χ2v) is 5.33. The SMILES string of the molecule is CCNC1CCC(N(CC)c2cccc(F)c2)CC1. The van der Waals surface area contributed by atoms with Crippen LogP contribution in [0.3, 0.4) is 0 Å². The van der Waals surface area contributed by atoms with E-state index in [4.69, 9.17) is 0 Å². The summed E-state index contributed by atoms with van der Waals surface area (Å²) >= 11 is 0. The van der Waals surface area contributed by atoms with Gasteiger partial charge in [-0.1, -0.05) is 13.0 Å². The zero-order valence-electron chi connectivity index (χ0n) is 12.0. The van der Waals surface area contributed by atoms with Crippen LogP contribution in [-0.4, -0.2) is 25.2 Å². The molecule has 0 saturated heterocycles. The van der Waals surface area contributed by atoms with E-state index in [1.807, 2.05) is 6.07 Å². The lowest BCUT2D eigenvalue weighted by atomic mass is 9.90. The topological polar surface area (TPSA) is 15.3 Å². The summed E-state index contributed by atoms with van der Waals surface area (Å²) in [6.07, 6.45) is 4.85. The fourth-order valence-corrected chi connectivity index (χ4v) is 3.19. The first-order chi connectivity index (χ1) is 9.24. The smallest absolute Gasteiger partial charge is 0.125 e. The molecule has 1 saturated carbocycles. The predicted octanol–water partition coefficient (Wildman–Crippen LogP) is 3.57. The number of nitrogens with one attached hydrogen (secondary N) is 1. The summed E-state index contributed by atoms with van der Waals surface area (Å²) in [7, 11) is 0. The number of hydrogen-bond donors (Lipinski definition) is 1. The molecule has 1 fully saturated rings. The predicted molar refractivity (Wildman–Crippen MR) is 79.1 cm³/mol. The molecule has 19 heavy (non-hydrogen) atoms. The Labute approximate surface area is 116 Å². The quantitative estimate of drug-likeness (QED) is 0.874. The van der Waals surface area contributed by atoms with Crippen LogP contribution < -0.4 is 10.2 Å². The van der Waals surface area contributed by atoms with E-state index >= 15 is 0 Å². The molecule has 1 aliphatic rings. The van der Waals surface area contributed by atoms with E-state index in [0.29, 0.717) is 12.1 Å². The van der Waals surface area contributed by atoms with Crippen LogP contribution in [-0.2, 0) is 0 Å². The Morgan fingerprint density at radius 1 is 1.21 bits per heavy atom. The van der Waals surface area contributed by atoms with Gasteiger partial charge in [0.05, 0.1) is 0 Å². The van der Waals surface area contributed by atoms with Crippen molar-refractivity contribution >= 4 is 5.69 Å². The van der Waals surface area contributed by atoms with Crippen molar-refractivity contribution in [3.05, 3.63) is 30.1 Å². The van der Waals surface area contributed by atoms with E-state index < -0.39 is 0 Å². The van der Waals surface area contributed by atoms with Gasteiger partial charge in [-0.25, -0.2) is 4.39 Å². The minimum Gasteiger partial charge on any atom is -0.369 e. The molecule has 0 aromatic heterocycles. The summed E-state index contributed by atoms with van der Waals surface area (Å²) in [5.41, 5.74) is 1.02. The van der Waals surface area contributed by atoms with Crippen LogP contribution in [0.5, 0.6) is 0 Å². The van der Waals surface area contributed by atoms with Gasteiger partial charge in [0.15, 0.2) is 0 Å². The van der Waals surface area contributed by atoms with Crippen molar-refractivity contribution in [2.45, 2.75) is 51.6 Å². The number of nitrogens with zero attached hydrogens (tertiary/aromatic N) is 1. The van der Waals surface area contributed by atoms with E-state index in [0.717, 1.165) is 18.8 Å². The lowest BCUT2D eigenvalue weighted by Crippen LogP contribution is -2.42. The molecule has 0 heterocycles. The average Bonchev–Trinajstić information content (AvgIpc) is 2.42. The van der Waals surface area contributed by atoms with Gasteiger partial charge in [0.1, 0.15) is 5.82 Å². The average molecular weight is 264 g/mol. The maximum absolute atomic E-state index is 13.4. The van der Waals surface area contributed by atoms with Crippen LogP contribution in [0.4, 0.5) is 10.1 Å². The Balaban J connectivity index is 1.99. The van der Waals surface area contributed by atoms with Crippen LogP contribution in [0.25, 0.3) is 0 Å². The van der Waals surface area contributed by atoms with Crippen molar-refractivity contribution in [1.29, 1.82) is 0 Å². The second kappa shape index (κ2) is 6.90. The third kappa shape index (κ3) is 3.69. The number of rotatable bonds is 5. The van der Waals surface area contributed by atoms with Gasteiger partial charge < -0.3 is 10.2 Å². The van der Waals surface area contributed by atoms with Gasteiger partial charge in [0.2, 0.25) is 0 Å². The molecule has 106 valence electrons. The first-order valence-electron chi connectivity index (χ1n) is 7.50. The monoisotopic (exact) mass is 264 g/mol. The third-order valence-electron chi connectivity index (χ3n) is 4.11. The highest BCUT2D eigenvalue weighted by Crippen LogP contribution is 2.27. The summed E-state index contributed by atoms with van der Waals surface area (Å²) in [6, 6.07) is 8.22. The van der Waals surface area contributed by atoms with Crippen LogP contribution in [0, 0.1) is 5.82 Å². The molecule has 1 aromatic rings. The van der Waals surface area contributed by atoms with Crippen LogP contribution >= 0.6 is 0 Å². The lowest BCUT2D eigenvalue weighted by Gasteiger charge is -2.38. The highest BCUT2D eigenvalue weighted by molar-refractivity contribution is 5.47. The van der Waals surface area contributed by atoms with Gasteiger partial charge in [-0.2, -0.15) is 0 Å². The molecule has 0 bridgehead atoms. The van der Waals surface area contributed by atoms with Gasteiger partial charge in [-0.3, -0.25) is 0 Å². The summed E-state index contributed by atoms with van der Waals surface area (Å²) in [4.78, 5) is 2.35. The Hall–Kier alpha value is -1.09. The molecule has 1 aliphatic carbocycles. The fraction of sp³-hybridized carbons (Fsp3) is 0.625. The molecule has 0 atom stereocenters. The first kappa shape index (κ1) is 14.3. The molecule has 0 unspecified atom stereocenters. The van der Waals surface area contributed by atoms with E-state index in [9.17, 15) is 4.39 Å². The van der Waals surface area contributed by atoms with Crippen molar-refractivity contribution in [3.8, 4) is 0 Å². The zero-order valence-corrected chi connectivity index (χ0v) is 12.0. The molecule has 1 aromatic carbocycles. The summed E-state index contributed by atoms with van der Waals surface area (Å²) in [5, 5.41) is 3.53. The molecule has 0 spiro atoms. The Morgan fingerprint density at radius 2 is 1.95 bits per heavy atom. The van der Waals surface area contributed by atoms with E-state index in [2.05, 4.69) is 24.1 Å². The zero-order chi connectivity index (χ0) is 13.7. The van der Waals surface area contributed by atoms with Gasteiger partial charge >= 0.3 is 0 Å². The minimum atomic E-state index is -0.141.